The van der Waals surface area contributed by atoms with E-state index in [4.69, 9.17) is 15.6 Å². The first kappa shape index (κ1) is 16.9. The van der Waals surface area contributed by atoms with Gasteiger partial charge in [-0.25, -0.2) is 9.36 Å². The van der Waals surface area contributed by atoms with Crippen LogP contribution in [0.3, 0.4) is 0 Å². The molecule has 0 saturated carbocycles. The SMILES string of the molecule is NCC(CO)OCn1c(O)c(Cc2ccccc2)c(=O)[nH]c1=O. The Hall–Kier alpha value is -2.42. The third-order valence-corrected chi connectivity index (χ3v) is 3.39. The van der Waals surface area contributed by atoms with E-state index >= 15 is 0 Å². The van der Waals surface area contributed by atoms with Crippen molar-refractivity contribution in [3.63, 3.8) is 0 Å². The number of nitrogens with one attached hydrogen (secondary N) is 1. The molecule has 124 valence electrons. The molecule has 8 heteroatoms. The predicted octanol–water partition coefficient (Wildman–Crippen LogP) is -0.873. The number of aromatic nitrogens is 2. The molecule has 0 aliphatic rings. The number of nitrogens with two attached hydrogens (primary N) is 1. The summed E-state index contributed by atoms with van der Waals surface area (Å²) in [4.78, 5) is 25.9. The Kier molecular flexibility index (Phi) is 5.69. The fraction of sp³-hybridized carbons (Fsp3) is 0.333. The van der Waals surface area contributed by atoms with Crippen LogP contribution in [0, 0.1) is 0 Å². The molecule has 23 heavy (non-hydrogen) atoms. The van der Waals surface area contributed by atoms with Gasteiger partial charge in [-0.2, -0.15) is 0 Å². The monoisotopic (exact) mass is 321 g/mol. The van der Waals surface area contributed by atoms with Crippen molar-refractivity contribution in [1.29, 1.82) is 0 Å². The number of hydrogen-bond donors (Lipinski definition) is 4. The highest BCUT2D eigenvalue weighted by atomic mass is 16.5. The number of aromatic amines is 1. The van der Waals surface area contributed by atoms with Crippen molar-refractivity contribution in [2.75, 3.05) is 13.2 Å². The highest BCUT2D eigenvalue weighted by molar-refractivity contribution is 5.30. The quantitative estimate of drug-likeness (QED) is 0.524. The number of ether oxygens (including phenoxy) is 1. The zero-order valence-electron chi connectivity index (χ0n) is 12.4. The first-order chi connectivity index (χ1) is 11.1. The van der Waals surface area contributed by atoms with Gasteiger partial charge < -0.3 is 20.7 Å². The van der Waals surface area contributed by atoms with Crippen LogP contribution in [0.5, 0.6) is 5.88 Å². The number of rotatable bonds is 7. The molecule has 0 saturated heterocycles. The molecular formula is C15H19N3O5. The van der Waals surface area contributed by atoms with E-state index in [1.54, 1.807) is 12.1 Å². The van der Waals surface area contributed by atoms with Crippen molar-refractivity contribution >= 4 is 0 Å². The lowest BCUT2D eigenvalue weighted by Gasteiger charge is -2.16. The number of hydrogen-bond acceptors (Lipinski definition) is 6. The first-order valence-corrected chi connectivity index (χ1v) is 7.08. The molecule has 0 aliphatic heterocycles. The smallest absolute Gasteiger partial charge is 0.333 e. The van der Waals surface area contributed by atoms with E-state index in [1.807, 2.05) is 18.2 Å². The van der Waals surface area contributed by atoms with Gasteiger partial charge in [0, 0.05) is 13.0 Å². The van der Waals surface area contributed by atoms with Gasteiger partial charge in [0.05, 0.1) is 18.3 Å². The molecule has 1 aromatic heterocycles. The van der Waals surface area contributed by atoms with E-state index in [2.05, 4.69) is 4.98 Å². The molecule has 0 radical (unpaired) electrons. The van der Waals surface area contributed by atoms with E-state index in [0.29, 0.717) is 0 Å². The molecule has 0 amide bonds. The summed E-state index contributed by atoms with van der Waals surface area (Å²) in [6.07, 6.45) is -0.492. The molecule has 1 atom stereocenters. The molecule has 0 bridgehead atoms. The van der Waals surface area contributed by atoms with Crippen LogP contribution in [-0.2, 0) is 17.9 Å². The van der Waals surface area contributed by atoms with Crippen LogP contribution < -0.4 is 17.0 Å². The molecule has 0 spiro atoms. The van der Waals surface area contributed by atoms with Gasteiger partial charge in [0.2, 0.25) is 5.88 Å². The zero-order chi connectivity index (χ0) is 16.8. The van der Waals surface area contributed by atoms with Gasteiger partial charge in [0.25, 0.3) is 5.56 Å². The lowest BCUT2D eigenvalue weighted by Crippen LogP contribution is -2.35. The van der Waals surface area contributed by atoms with Crippen LogP contribution in [0.15, 0.2) is 39.9 Å². The molecular weight excluding hydrogens is 302 g/mol. The number of aromatic hydroxyl groups is 1. The lowest BCUT2D eigenvalue weighted by molar-refractivity contribution is -0.0225. The average molecular weight is 321 g/mol. The molecule has 0 aliphatic carbocycles. The fourth-order valence-corrected chi connectivity index (χ4v) is 2.06. The van der Waals surface area contributed by atoms with Gasteiger partial charge in [-0.15, -0.1) is 0 Å². The summed E-state index contributed by atoms with van der Waals surface area (Å²) in [5, 5.41) is 19.3. The van der Waals surface area contributed by atoms with Gasteiger partial charge in [0.15, 0.2) is 0 Å². The van der Waals surface area contributed by atoms with E-state index in [-0.39, 0.29) is 31.9 Å². The third kappa shape index (κ3) is 4.07. The predicted molar refractivity (Wildman–Crippen MR) is 83.2 cm³/mol. The maximum Gasteiger partial charge on any atom is 0.333 e. The highest BCUT2D eigenvalue weighted by Gasteiger charge is 2.16. The normalized spacial score (nSPS) is 12.3. The van der Waals surface area contributed by atoms with Gasteiger partial charge >= 0.3 is 5.69 Å². The van der Waals surface area contributed by atoms with Crippen LogP contribution in [0.1, 0.15) is 11.1 Å². The summed E-state index contributed by atoms with van der Waals surface area (Å²) < 4.78 is 6.13. The molecule has 1 aromatic carbocycles. The minimum atomic E-state index is -0.793. The maximum atomic E-state index is 11.9. The van der Waals surface area contributed by atoms with Gasteiger partial charge in [0.1, 0.15) is 6.73 Å². The van der Waals surface area contributed by atoms with E-state index in [1.165, 1.54) is 0 Å². The Morgan fingerprint density at radius 2 is 1.96 bits per heavy atom. The number of nitrogens with zero attached hydrogens (tertiary/aromatic N) is 1. The summed E-state index contributed by atoms with van der Waals surface area (Å²) in [5.41, 5.74) is 4.82. The van der Waals surface area contributed by atoms with Crippen molar-refractivity contribution < 1.29 is 14.9 Å². The van der Waals surface area contributed by atoms with E-state index in [0.717, 1.165) is 10.1 Å². The Bertz CT molecular complexity index is 750. The van der Waals surface area contributed by atoms with Crippen LogP contribution >= 0.6 is 0 Å². The van der Waals surface area contributed by atoms with Crippen molar-refractivity contribution in [1.82, 2.24) is 9.55 Å². The van der Waals surface area contributed by atoms with Crippen molar-refractivity contribution in [2.45, 2.75) is 19.3 Å². The Morgan fingerprint density at radius 3 is 2.57 bits per heavy atom. The number of aliphatic hydroxyl groups is 1. The lowest BCUT2D eigenvalue weighted by atomic mass is 10.1. The summed E-state index contributed by atoms with van der Waals surface area (Å²) in [6.45, 7) is -0.579. The zero-order valence-corrected chi connectivity index (χ0v) is 12.4. The Labute approximate surface area is 131 Å². The fourth-order valence-electron chi connectivity index (χ4n) is 2.06. The first-order valence-electron chi connectivity index (χ1n) is 7.08. The van der Waals surface area contributed by atoms with Gasteiger partial charge in [-0.05, 0) is 5.56 Å². The van der Waals surface area contributed by atoms with Crippen LogP contribution in [0.2, 0.25) is 0 Å². The second-order valence-corrected chi connectivity index (χ2v) is 4.99. The largest absolute Gasteiger partial charge is 0.494 e. The number of benzene rings is 1. The summed E-state index contributed by atoms with van der Waals surface area (Å²) >= 11 is 0. The van der Waals surface area contributed by atoms with Crippen molar-refractivity contribution in [3.8, 4) is 5.88 Å². The molecule has 8 nitrogen and oxygen atoms in total. The Balaban J connectivity index is 2.31. The molecule has 1 heterocycles. The van der Waals surface area contributed by atoms with Crippen LogP contribution in [0.25, 0.3) is 0 Å². The maximum absolute atomic E-state index is 11.9. The third-order valence-electron chi connectivity index (χ3n) is 3.39. The Morgan fingerprint density at radius 1 is 1.26 bits per heavy atom. The number of H-pyrrole nitrogens is 1. The summed E-state index contributed by atoms with van der Waals surface area (Å²) in [6, 6.07) is 9.08. The second kappa shape index (κ2) is 7.73. The van der Waals surface area contributed by atoms with E-state index in [9.17, 15) is 14.7 Å². The molecule has 2 rings (SSSR count). The highest BCUT2D eigenvalue weighted by Crippen LogP contribution is 2.15. The van der Waals surface area contributed by atoms with Crippen LogP contribution in [0.4, 0.5) is 0 Å². The van der Waals surface area contributed by atoms with Gasteiger partial charge in [-0.3, -0.25) is 9.78 Å². The molecule has 2 aromatic rings. The summed E-state index contributed by atoms with van der Waals surface area (Å²) in [5.74, 6) is -0.462. The van der Waals surface area contributed by atoms with Crippen molar-refractivity contribution in [3.05, 3.63) is 62.3 Å². The topological polar surface area (TPSA) is 131 Å². The second-order valence-electron chi connectivity index (χ2n) is 4.99. The standard InChI is InChI=1S/C15H19N3O5/c16-7-11(8-19)23-9-18-14(21)12(13(20)17-15(18)22)6-10-4-2-1-3-5-10/h1-5,11,19,21H,6-9,16H2,(H,17,20,22). The molecule has 0 fully saturated rings. The van der Waals surface area contributed by atoms with Crippen LogP contribution in [-0.4, -0.2) is 39.0 Å². The molecule has 1 unspecified atom stereocenters. The van der Waals surface area contributed by atoms with Crippen molar-refractivity contribution in [2.24, 2.45) is 5.73 Å². The van der Waals surface area contributed by atoms with Gasteiger partial charge in [-0.1, -0.05) is 30.3 Å². The average Bonchev–Trinajstić information content (AvgIpc) is 2.56. The summed E-state index contributed by atoms with van der Waals surface area (Å²) in [7, 11) is 0. The minimum absolute atomic E-state index is 0.0617. The molecule has 5 N–H and O–H groups in total. The number of aliphatic hydroxyl groups excluding tert-OH is 1. The minimum Gasteiger partial charge on any atom is -0.494 e. The van der Waals surface area contributed by atoms with E-state index < -0.39 is 23.2 Å².